The van der Waals surface area contributed by atoms with E-state index in [-0.39, 0.29) is 51.4 Å². The van der Waals surface area contributed by atoms with Crippen LogP contribution in [-0.2, 0) is 12.1 Å². The van der Waals surface area contributed by atoms with Gasteiger partial charge >= 0.3 is 78.7 Å². The highest BCUT2D eigenvalue weighted by molar-refractivity contribution is 6.89. The first-order valence-corrected chi connectivity index (χ1v) is 36.3. The van der Waals surface area contributed by atoms with Crippen LogP contribution in [-0.4, -0.2) is 98.9 Å². The second-order valence-corrected chi connectivity index (χ2v) is 31.0. The lowest BCUT2D eigenvalue weighted by Gasteiger charge is -2.61. The Labute approximate surface area is 593 Å². The first-order valence-electron chi connectivity index (χ1n) is 34.0. The number of unbranched alkanes of at least 4 members (excludes halogenated alkanes) is 12. The number of benzene rings is 2. The molecule has 0 aliphatic carbocycles. The van der Waals surface area contributed by atoms with E-state index in [1.165, 1.54) is 79.3 Å². The molecule has 2 unspecified atom stereocenters. The zero-order chi connectivity index (χ0) is 84.6. The number of halogens is 40. The first kappa shape index (κ1) is 103. The van der Waals surface area contributed by atoms with E-state index >= 15 is 105 Å². The van der Waals surface area contributed by atoms with Crippen LogP contribution in [0.4, 0.5) is 176 Å². The van der Waals surface area contributed by atoms with Gasteiger partial charge in [0.2, 0.25) is 5.82 Å². The molecule has 0 amide bonds. The quantitative estimate of drug-likeness (QED) is 0.0224. The molecule has 2 N–H and O–H groups in total. The molecule has 632 valence electrons. The largest absolute Gasteiger partial charge is 0.540 e. The summed E-state index contributed by atoms with van der Waals surface area (Å²) in [6.07, 6.45) is -28.3. The molecule has 0 aliphatic heterocycles. The molecule has 0 heterocycles. The molecule has 107 heavy (non-hydrogen) atoms. The molecule has 0 bridgehead atoms. The van der Waals surface area contributed by atoms with Gasteiger partial charge in [0.05, 0.1) is 24.2 Å². The number of quaternary nitrogens is 1. The van der Waals surface area contributed by atoms with Gasteiger partial charge < -0.3 is 5.32 Å². The Morgan fingerprint density at radius 3 is 0.832 bits per heavy atom. The van der Waals surface area contributed by atoms with E-state index in [1.807, 2.05) is 0 Å². The van der Waals surface area contributed by atoms with Crippen LogP contribution in [0.1, 0.15) is 233 Å². The van der Waals surface area contributed by atoms with Crippen molar-refractivity contribution in [3.63, 3.8) is 0 Å². The highest BCUT2D eigenvalue weighted by Gasteiger charge is 3.07. The Morgan fingerprint density at radius 1 is 0.299 bits per heavy atom. The molecular weight excluding hydrogens is 1580 g/mol. The molecule has 2 aromatic rings. The molecule has 0 radical (unpaired) electrons. The molecule has 0 saturated carbocycles. The van der Waals surface area contributed by atoms with Crippen molar-refractivity contribution >= 4 is 13.1 Å². The molecule has 42 heteroatoms. The van der Waals surface area contributed by atoms with Crippen LogP contribution >= 0.6 is 0 Å². The van der Waals surface area contributed by atoms with E-state index in [4.69, 9.17) is 0 Å². The van der Waals surface area contributed by atoms with E-state index < -0.39 is 244 Å². The van der Waals surface area contributed by atoms with Crippen LogP contribution in [0.15, 0.2) is 0 Å². The maximum absolute atomic E-state index is 16.6. The normalized spacial score (nSPS) is 14.8. The topological polar surface area (TPSA) is 16.6 Å². The lowest BCUT2D eigenvalue weighted by molar-refractivity contribution is -0.660. The molecule has 0 spiro atoms. The molecule has 0 aliphatic rings. The Hall–Kier alpha value is -3.87. The van der Waals surface area contributed by atoms with Gasteiger partial charge in [0.1, 0.15) is 5.56 Å². The van der Waals surface area contributed by atoms with Crippen molar-refractivity contribution in [2.24, 2.45) is 11.8 Å². The minimum absolute atomic E-state index is 0.0363. The number of alkyl halides is 32. The average molecular weight is 1670 g/mol. The van der Waals surface area contributed by atoms with E-state index in [9.17, 15) is 70.2 Å². The Morgan fingerprint density at radius 2 is 0.579 bits per heavy atom. The van der Waals surface area contributed by atoms with Crippen molar-refractivity contribution in [1.29, 1.82) is 0 Å². The van der Waals surface area contributed by atoms with E-state index in [2.05, 4.69) is 33.0 Å². The van der Waals surface area contributed by atoms with Crippen molar-refractivity contribution in [3.05, 3.63) is 57.7 Å². The number of hydrogen-bond donors (Lipinski definition) is 1. The molecule has 1 nitrogen and oxygen atoms in total. The van der Waals surface area contributed by atoms with Crippen LogP contribution in [0.2, 0.25) is 0 Å². The van der Waals surface area contributed by atoms with Gasteiger partial charge in [0.25, 0.3) is 0 Å². The fourth-order valence-electron chi connectivity index (χ4n) is 11.8. The molecule has 2 rings (SSSR count). The second kappa shape index (κ2) is 39.3. The van der Waals surface area contributed by atoms with Crippen molar-refractivity contribution in [2.45, 2.75) is 307 Å². The van der Waals surface area contributed by atoms with Gasteiger partial charge in [-0.1, -0.05) is 152 Å². The van der Waals surface area contributed by atoms with E-state index in [0.29, 0.717) is 0 Å². The zero-order valence-electron chi connectivity index (χ0n) is 58.7. The van der Waals surface area contributed by atoms with Crippen LogP contribution in [0.3, 0.4) is 0 Å². The van der Waals surface area contributed by atoms with Gasteiger partial charge in [-0.05, 0) is 50.9 Å². The third kappa shape index (κ3) is 21.1. The van der Waals surface area contributed by atoms with Crippen molar-refractivity contribution in [1.82, 2.24) is 0 Å². The Bertz CT molecular complexity index is 2800. The van der Waals surface area contributed by atoms with Crippen molar-refractivity contribution in [2.75, 3.05) is 13.1 Å². The Kier molecular flexibility index (Phi) is 37.8. The maximum atomic E-state index is 16.6. The van der Waals surface area contributed by atoms with Crippen LogP contribution < -0.4 is 5.32 Å². The van der Waals surface area contributed by atoms with Gasteiger partial charge in [0, 0.05) is 37.2 Å². The third-order valence-electron chi connectivity index (χ3n) is 18.2. The summed E-state index contributed by atoms with van der Waals surface area (Å²) in [6.45, 7) is 17.0. The van der Waals surface area contributed by atoms with Gasteiger partial charge in [-0.25, -0.2) is 35.1 Å². The summed E-state index contributed by atoms with van der Waals surface area (Å²) in [5.74, 6) is -96.1. The molecule has 0 aromatic heterocycles. The lowest BCUT2D eigenvalue weighted by Crippen LogP contribution is -2.96. The summed E-state index contributed by atoms with van der Waals surface area (Å²) in [4.78, 5) is -38.8. The summed E-state index contributed by atoms with van der Waals surface area (Å²) in [6, 6.07) is 0. The summed E-state index contributed by atoms with van der Waals surface area (Å²) >= 11 is -13.7. The molecule has 0 saturated heterocycles. The maximum Gasteiger partial charge on any atom is 0.540 e. The van der Waals surface area contributed by atoms with Crippen LogP contribution in [0.5, 0.6) is 0 Å². The predicted octanol–water partition coefficient (Wildman–Crippen LogP) is 27.4. The fourth-order valence-corrected chi connectivity index (χ4v) is 17.5. The monoisotopic (exact) mass is 1670 g/mol. The first-order chi connectivity index (χ1) is 48.3. The highest BCUT2D eigenvalue weighted by atomic mass is 27.3. The minimum atomic E-state index is -13.7. The van der Waals surface area contributed by atoms with E-state index in [1.54, 1.807) is 0 Å². The molecule has 2 atom stereocenters. The summed E-state index contributed by atoms with van der Waals surface area (Å²) in [5.41, 5.74) is -14.2. The van der Waals surface area contributed by atoms with Crippen molar-refractivity contribution < 1.29 is 181 Å². The second-order valence-electron chi connectivity index (χ2n) is 26.4. The zero-order valence-corrected chi connectivity index (χ0v) is 59.9. The van der Waals surface area contributed by atoms with Crippen molar-refractivity contribution in [3.8, 4) is 11.1 Å². The standard InChI is InChI=1S/C15F16.C14H31N.4C9H13F6.Al/c16-5-2(6(17)10(21)12(23)9(5)20)1-3(13(24,25)15(29,30)31)7(18)11(22)8(19)4(1)14(26,27)28;1-5-8-14(7-3)10-9-13(4)12-15-11-6-2;4*1-2-3-4-5-6-8(12,13)9(14,15)7(10)11;/h;13-15H,5-12H2,1-4H3;4*2-6H2,1H3;/q;;;;;;-1/p+1. The average Bonchev–Trinajstić information content (AvgIpc) is 0.639. The fraction of sp³-hybridized carbons (Fsp3) is 0.815. The molecule has 2 aromatic carbocycles. The number of nitrogens with two attached hydrogens (primary N) is 1. The Balaban J connectivity index is 0.00000199. The van der Waals surface area contributed by atoms with Crippen LogP contribution in [0.25, 0.3) is 11.1 Å². The number of rotatable bonds is 44. The lowest BCUT2D eigenvalue weighted by atomic mass is 9.88. The predicted molar refractivity (Wildman–Crippen MR) is 316 cm³/mol. The minimum Gasteiger partial charge on any atom is -0.346 e. The SMILES string of the molecule is CCCCCCC(F)(F)C(F)(F)[C](F)(F)[Al-]([C](F)(F)C(F)(F)C(F)(F)CCCCCC)([C](F)(F)C(F)(F)C(F)(F)CCCCCC)[C](F)(F)C(F)(F)C(F)(F)CCCCCC.CCC[NH2+]CC(C)CCC(CC)CCC.Fc1c(F)c(F)c(-c2c(C(F)(F)F)c(F)c(F)c(F)c2C(F)(F)C(F)(F)F)c(F)c1F. The summed E-state index contributed by atoms with van der Waals surface area (Å²) in [7, 11) is 0. The van der Waals surface area contributed by atoms with Gasteiger partial charge in [-0.3, -0.25) is 35.1 Å². The third-order valence-corrected chi connectivity index (χ3v) is 24.0. The number of hydrogen-bond acceptors (Lipinski definition) is 0. The van der Waals surface area contributed by atoms with Gasteiger partial charge in [-0.15, -0.1) is 0 Å². The van der Waals surface area contributed by atoms with Gasteiger partial charge in [0.15, 0.2) is 59.9 Å². The smallest absolute Gasteiger partial charge is 0.346 e. The summed E-state index contributed by atoms with van der Waals surface area (Å²) < 4.78 is 594. The summed E-state index contributed by atoms with van der Waals surface area (Å²) in [5, 5.41) is 2.48. The highest BCUT2D eigenvalue weighted by Crippen LogP contribution is 2.73. The van der Waals surface area contributed by atoms with Crippen LogP contribution in [0, 0.1) is 58.4 Å². The molecular formula is C65H84AlF40N. The van der Waals surface area contributed by atoms with E-state index in [0.717, 1.165) is 11.8 Å². The molecule has 0 fully saturated rings. The van der Waals surface area contributed by atoms with Gasteiger partial charge in [-0.2, -0.15) is 105 Å².